The van der Waals surface area contributed by atoms with Crippen LogP contribution in [-0.2, 0) is 19.1 Å². The maximum absolute atomic E-state index is 17.2. The summed E-state index contributed by atoms with van der Waals surface area (Å²) in [6.07, 6.45) is -0.298. The van der Waals surface area contributed by atoms with Crippen molar-refractivity contribution in [1.82, 2.24) is 0 Å². The van der Waals surface area contributed by atoms with Gasteiger partial charge in [-0.15, -0.1) is 0 Å². The third-order valence-corrected chi connectivity index (χ3v) is 9.78. The van der Waals surface area contributed by atoms with Crippen LogP contribution in [0.1, 0.15) is 47.0 Å². The van der Waals surface area contributed by atoms with Crippen molar-refractivity contribution in [1.29, 1.82) is 0 Å². The molecule has 1 saturated heterocycles. The van der Waals surface area contributed by atoms with E-state index in [9.17, 15) is 19.1 Å². The number of hydrogen-bond donors (Lipinski definition) is 1. The molecule has 5 aliphatic rings. The summed E-state index contributed by atoms with van der Waals surface area (Å²) in [5.41, 5.74) is -6.40. The number of hydrogen-bond acceptors (Lipinski definition) is 6. The molecule has 1 aliphatic heterocycles. The fourth-order valence-electron chi connectivity index (χ4n) is 7.81. The smallest absolute Gasteiger partial charge is 0.226 e. The topological polar surface area (TPSA) is 72.8 Å². The van der Waals surface area contributed by atoms with Gasteiger partial charge in [0.2, 0.25) is 5.12 Å². The second-order valence-electron chi connectivity index (χ2n) is 11.0. The molecule has 0 amide bonds. The Morgan fingerprint density at radius 1 is 1.24 bits per heavy atom. The first-order valence-corrected chi connectivity index (χ1v) is 12.3. The molecule has 182 valence electrons. The van der Waals surface area contributed by atoms with Crippen molar-refractivity contribution in [2.24, 2.45) is 22.7 Å². The Morgan fingerprint density at radius 2 is 1.94 bits per heavy atom. The zero-order valence-corrected chi connectivity index (χ0v) is 19.9. The molecule has 3 saturated carbocycles. The lowest BCUT2D eigenvalue weighted by molar-refractivity contribution is -0.246. The minimum Gasteiger partial charge on any atom is -0.390 e. The van der Waals surface area contributed by atoms with Gasteiger partial charge in [-0.05, 0) is 63.7 Å². The van der Waals surface area contributed by atoms with Gasteiger partial charge in [0.25, 0.3) is 0 Å². The third kappa shape index (κ3) is 2.68. The molecular weight excluding hydrogens is 457 g/mol. The quantitative estimate of drug-likeness (QED) is 0.636. The molecule has 5 rings (SSSR count). The van der Waals surface area contributed by atoms with Crippen molar-refractivity contribution >= 4 is 22.7 Å². The van der Waals surface area contributed by atoms with Crippen molar-refractivity contribution < 1.29 is 37.3 Å². The molecule has 0 aromatic carbocycles. The lowest BCUT2D eigenvalue weighted by Gasteiger charge is -2.63. The summed E-state index contributed by atoms with van der Waals surface area (Å²) in [7, 11) is 0. The Kier molecular flexibility index (Phi) is 4.97. The molecule has 9 atom stereocenters. The van der Waals surface area contributed by atoms with E-state index in [2.05, 4.69) is 0 Å². The molecule has 33 heavy (non-hydrogen) atoms. The molecule has 5 nitrogen and oxygen atoms in total. The second kappa shape index (κ2) is 6.95. The van der Waals surface area contributed by atoms with Crippen LogP contribution in [0.4, 0.5) is 13.2 Å². The summed E-state index contributed by atoms with van der Waals surface area (Å²) in [5, 5.41) is 10.8. The van der Waals surface area contributed by atoms with Crippen molar-refractivity contribution in [3.05, 3.63) is 23.8 Å². The number of rotatable bonds is 2. The zero-order valence-electron chi connectivity index (χ0n) is 19.1. The van der Waals surface area contributed by atoms with Crippen molar-refractivity contribution in [3.63, 3.8) is 0 Å². The maximum atomic E-state index is 17.2. The van der Waals surface area contributed by atoms with E-state index < -0.39 is 75.0 Å². The van der Waals surface area contributed by atoms with Crippen LogP contribution in [0.5, 0.6) is 0 Å². The zero-order chi connectivity index (χ0) is 24.2. The summed E-state index contributed by atoms with van der Waals surface area (Å²) < 4.78 is 58.2. The average molecular weight is 487 g/mol. The lowest BCUT2D eigenvalue weighted by atomic mass is 9.44. The van der Waals surface area contributed by atoms with Crippen molar-refractivity contribution in [2.75, 3.05) is 6.01 Å². The summed E-state index contributed by atoms with van der Waals surface area (Å²) in [6, 6.07) is -0.950. The van der Waals surface area contributed by atoms with Crippen LogP contribution in [0.2, 0.25) is 0 Å². The highest BCUT2D eigenvalue weighted by atomic mass is 32.2. The largest absolute Gasteiger partial charge is 0.390 e. The van der Waals surface area contributed by atoms with Gasteiger partial charge < -0.3 is 14.6 Å². The van der Waals surface area contributed by atoms with Crippen LogP contribution in [0.15, 0.2) is 23.8 Å². The summed E-state index contributed by atoms with van der Waals surface area (Å²) in [6.45, 7) is 6.61. The molecule has 0 aromatic heterocycles. The standard InChI is InChI=1S/C24H29F3O5S/c1-20(2)31-18-9-13-14-8-16(26)15-7-12(28)5-6-21(15,3)23(14,27)17(29)10-22(13,4)24(18,32-20)19(30)33-11-25/h5-7,13-14,16-18,29H,8-11H2,1-4H3/t13?,14-,16-,17-,18+,21-,22-,23-,24-/m0/s1. The van der Waals surface area contributed by atoms with E-state index in [1.54, 1.807) is 20.8 Å². The van der Waals surface area contributed by atoms with E-state index in [0.717, 1.165) is 6.08 Å². The fourth-order valence-corrected chi connectivity index (χ4v) is 8.53. The van der Waals surface area contributed by atoms with Gasteiger partial charge >= 0.3 is 0 Å². The Balaban J connectivity index is 1.65. The number of alkyl halides is 3. The van der Waals surface area contributed by atoms with Crippen molar-refractivity contribution in [2.45, 2.75) is 82.4 Å². The normalized spacial score (nSPS) is 51.9. The number of aliphatic hydroxyl groups excluding tert-OH is 1. The minimum atomic E-state index is -2.26. The molecule has 4 aliphatic carbocycles. The highest BCUT2D eigenvalue weighted by Crippen LogP contribution is 2.72. The first-order chi connectivity index (χ1) is 15.3. The summed E-state index contributed by atoms with van der Waals surface area (Å²) in [5.74, 6) is -3.04. The molecule has 4 fully saturated rings. The predicted molar refractivity (Wildman–Crippen MR) is 115 cm³/mol. The monoisotopic (exact) mass is 486 g/mol. The molecule has 9 heteroatoms. The Bertz CT molecular complexity index is 983. The van der Waals surface area contributed by atoms with Crippen LogP contribution in [0.25, 0.3) is 0 Å². The molecule has 0 bridgehead atoms. The number of allylic oxidation sites excluding steroid dienone is 4. The Hall–Kier alpha value is -1.16. The van der Waals surface area contributed by atoms with Crippen LogP contribution in [0.3, 0.4) is 0 Å². The Labute approximate surface area is 195 Å². The van der Waals surface area contributed by atoms with E-state index in [1.165, 1.54) is 19.1 Å². The number of ketones is 1. The molecule has 0 aromatic rings. The lowest BCUT2D eigenvalue weighted by Crippen LogP contribution is -2.70. The molecule has 1 heterocycles. The number of thioether (sulfide) groups is 1. The first kappa shape index (κ1) is 23.6. The highest BCUT2D eigenvalue weighted by molar-refractivity contribution is 8.13. The summed E-state index contributed by atoms with van der Waals surface area (Å²) >= 11 is 0.481. The van der Waals surface area contributed by atoms with Crippen LogP contribution in [0, 0.1) is 22.7 Å². The van der Waals surface area contributed by atoms with Gasteiger partial charge in [0, 0.05) is 16.7 Å². The van der Waals surface area contributed by atoms with Gasteiger partial charge in [-0.2, -0.15) is 0 Å². The number of carbonyl (C=O) groups is 2. The van der Waals surface area contributed by atoms with Gasteiger partial charge in [-0.3, -0.25) is 9.59 Å². The molecule has 1 unspecified atom stereocenters. The first-order valence-electron chi connectivity index (χ1n) is 11.3. The van der Waals surface area contributed by atoms with E-state index in [-0.39, 0.29) is 24.8 Å². The molecule has 0 radical (unpaired) electrons. The molecule has 0 spiro atoms. The number of carbonyl (C=O) groups excluding carboxylic acids is 2. The Morgan fingerprint density at radius 3 is 2.61 bits per heavy atom. The van der Waals surface area contributed by atoms with Crippen molar-refractivity contribution in [3.8, 4) is 0 Å². The number of aliphatic hydroxyl groups is 1. The SMILES string of the molecule is CC1(C)O[C@@H]2CC3[C@@H]4C[C@H](F)C5=CC(=O)C=C[C@]5(C)[C@@]4(F)[C@@H](O)C[C@]3(C)[C@]2(C(=O)SCF)O1. The minimum absolute atomic E-state index is 0.0435. The van der Waals surface area contributed by atoms with Gasteiger partial charge in [0.15, 0.2) is 22.8 Å². The maximum Gasteiger partial charge on any atom is 0.226 e. The number of fused-ring (bicyclic) bond motifs is 7. The van der Waals surface area contributed by atoms with Crippen LogP contribution < -0.4 is 0 Å². The van der Waals surface area contributed by atoms with E-state index in [4.69, 9.17) is 9.47 Å². The highest BCUT2D eigenvalue weighted by Gasteiger charge is 2.80. The predicted octanol–water partition coefficient (Wildman–Crippen LogP) is 3.99. The molecular formula is C24H29F3O5S. The summed E-state index contributed by atoms with van der Waals surface area (Å²) in [4.78, 5) is 25.3. The molecule has 1 N–H and O–H groups in total. The van der Waals surface area contributed by atoms with Gasteiger partial charge in [0.1, 0.15) is 12.2 Å². The van der Waals surface area contributed by atoms with E-state index in [0.29, 0.717) is 11.8 Å². The van der Waals surface area contributed by atoms with E-state index in [1.807, 2.05) is 0 Å². The van der Waals surface area contributed by atoms with Gasteiger partial charge in [0.05, 0.1) is 12.2 Å². The fraction of sp³-hybridized carbons (Fsp3) is 0.750. The van der Waals surface area contributed by atoms with Crippen LogP contribution >= 0.6 is 11.8 Å². The van der Waals surface area contributed by atoms with E-state index >= 15 is 8.78 Å². The van der Waals surface area contributed by atoms with Gasteiger partial charge in [-0.25, -0.2) is 13.2 Å². The third-order valence-electron chi connectivity index (χ3n) is 9.11. The van der Waals surface area contributed by atoms with Gasteiger partial charge in [-0.1, -0.05) is 24.8 Å². The second-order valence-corrected chi connectivity index (χ2v) is 11.9. The average Bonchev–Trinajstić information content (AvgIpc) is 3.13. The van der Waals surface area contributed by atoms with Crippen LogP contribution in [-0.4, -0.2) is 57.4 Å². The number of halogens is 3. The number of ether oxygens (including phenoxy) is 2.